The average Bonchev–Trinajstić information content (AvgIpc) is 3.39. The van der Waals surface area contributed by atoms with E-state index in [4.69, 9.17) is 4.74 Å². The summed E-state index contributed by atoms with van der Waals surface area (Å²) >= 11 is 0. The first-order chi connectivity index (χ1) is 11.0. The van der Waals surface area contributed by atoms with Crippen molar-refractivity contribution in [2.24, 2.45) is 4.99 Å². The van der Waals surface area contributed by atoms with E-state index >= 15 is 0 Å². The van der Waals surface area contributed by atoms with E-state index in [2.05, 4.69) is 31.0 Å². The van der Waals surface area contributed by atoms with Crippen LogP contribution in [0, 0.1) is 0 Å². The first-order valence-corrected chi connectivity index (χ1v) is 8.02. The number of nitrogens with zero attached hydrogens (tertiary/aromatic N) is 1. The van der Waals surface area contributed by atoms with Gasteiger partial charge in [-0.3, -0.25) is 4.99 Å². The highest BCUT2D eigenvalue weighted by Crippen LogP contribution is 2.40. The van der Waals surface area contributed by atoms with E-state index in [0.29, 0.717) is 6.04 Å². The highest BCUT2D eigenvalue weighted by Gasteiger charge is 2.28. The maximum Gasteiger partial charge on any atom is 0.128 e. The molecule has 3 rings (SSSR count). The standard InChI is InChI=1S/C20H23NO2/c1-20(2,15-7-5-4-6-8-15)18-12-17(23-3)11-14(19(18)22)13-21-16-9-10-16/h4-8,11-13,16,22H,9-10H2,1-3H3. The quantitative estimate of drug-likeness (QED) is 0.836. The molecule has 3 nitrogen and oxygen atoms in total. The third kappa shape index (κ3) is 3.24. The van der Waals surface area contributed by atoms with E-state index in [1.54, 1.807) is 13.3 Å². The van der Waals surface area contributed by atoms with Crippen LogP contribution in [0.3, 0.4) is 0 Å². The summed E-state index contributed by atoms with van der Waals surface area (Å²) in [6.07, 6.45) is 4.06. The first kappa shape index (κ1) is 15.6. The van der Waals surface area contributed by atoms with Crippen molar-refractivity contribution < 1.29 is 9.84 Å². The molecule has 0 aliphatic heterocycles. The van der Waals surface area contributed by atoms with Crippen molar-refractivity contribution in [3.63, 3.8) is 0 Å². The number of ether oxygens (including phenoxy) is 1. The predicted octanol–water partition coefficient (Wildman–Crippen LogP) is 4.31. The van der Waals surface area contributed by atoms with Crippen LogP contribution in [0.2, 0.25) is 0 Å². The second-order valence-corrected chi connectivity index (χ2v) is 6.61. The Morgan fingerprint density at radius 3 is 2.48 bits per heavy atom. The van der Waals surface area contributed by atoms with Crippen LogP contribution in [-0.2, 0) is 5.41 Å². The molecule has 0 unspecified atom stereocenters. The highest BCUT2D eigenvalue weighted by molar-refractivity contribution is 5.85. The molecule has 1 fully saturated rings. The van der Waals surface area contributed by atoms with Gasteiger partial charge in [0.2, 0.25) is 0 Å². The maximum absolute atomic E-state index is 10.8. The lowest BCUT2D eigenvalue weighted by atomic mass is 9.77. The van der Waals surface area contributed by atoms with Crippen molar-refractivity contribution in [2.75, 3.05) is 7.11 Å². The fraction of sp³-hybridized carbons (Fsp3) is 0.350. The zero-order valence-corrected chi connectivity index (χ0v) is 13.9. The summed E-state index contributed by atoms with van der Waals surface area (Å²) in [5.41, 5.74) is 2.38. The van der Waals surface area contributed by atoms with Crippen molar-refractivity contribution >= 4 is 6.21 Å². The van der Waals surface area contributed by atoms with Crippen LogP contribution < -0.4 is 4.74 Å². The lowest BCUT2D eigenvalue weighted by Gasteiger charge is -2.28. The normalized spacial score (nSPS) is 15.1. The van der Waals surface area contributed by atoms with Crippen LogP contribution in [0.1, 0.15) is 43.4 Å². The molecule has 3 heteroatoms. The Kier molecular flexibility index (Phi) is 4.12. The van der Waals surface area contributed by atoms with Crippen LogP contribution in [-0.4, -0.2) is 24.5 Å². The molecule has 1 saturated carbocycles. The molecule has 1 N–H and O–H groups in total. The van der Waals surface area contributed by atoms with Gasteiger partial charge in [-0.1, -0.05) is 44.2 Å². The second kappa shape index (κ2) is 6.07. The topological polar surface area (TPSA) is 41.8 Å². The lowest BCUT2D eigenvalue weighted by molar-refractivity contribution is 0.407. The van der Waals surface area contributed by atoms with Crippen molar-refractivity contribution in [1.82, 2.24) is 0 Å². The van der Waals surface area contributed by atoms with Gasteiger partial charge in [0.05, 0.1) is 13.2 Å². The molecule has 0 atom stereocenters. The summed E-state index contributed by atoms with van der Waals surface area (Å²) in [6, 6.07) is 14.4. The average molecular weight is 309 g/mol. The van der Waals surface area contributed by atoms with E-state index < -0.39 is 0 Å². The van der Waals surface area contributed by atoms with Crippen molar-refractivity contribution in [3.05, 3.63) is 59.2 Å². The monoisotopic (exact) mass is 309 g/mol. The number of methoxy groups -OCH3 is 1. The Labute approximate surface area is 137 Å². The highest BCUT2D eigenvalue weighted by atomic mass is 16.5. The molecule has 0 heterocycles. The van der Waals surface area contributed by atoms with Gasteiger partial charge in [0.15, 0.2) is 0 Å². The van der Waals surface area contributed by atoms with Gasteiger partial charge in [-0.25, -0.2) is 0 Å². The van der Waals surface area contributed by atoms with E-state index in [1.165, 1.54) is 0 Å². The number of benzene rings is 2. The van der Waals surface area contributed by atoms with Crippen LogP contribution in [0.15, 0.2) is 47.5 Å². The summed E-state index contributed by atoms with van der Waals surface area (Å²) in [5.74, 6) is 1.02. The number of aromatic hydroxyl groups is 1. The summed E-state index contributed by atoms with van der Waals surface area (Å²) in [6.45, 7) is 4.22. The number of hydrogen-bond acceptors (Lipinski definition) is 3. The van der Waals surface area contributed by atoms with Gasteiger partial charge < -0.3 is 9.84 Å². The van der Waals surface area contributed by atoms with Gasteiger partial charge in [-0.05, 0) is 30.5 Å². The van der Waals surface area contributed by atoms with Crippen LogP contribution in [0.25, 0.3) is 0 Å². The van der Waals surface area contributed by atoms with Gasteiger partial charge in [0.25, 0.3) is 0 Å². The molecule has 0 amide bonds. The fourth-order valence-corrected chi connectivity index (χ4v) is 2.74. The van der Waals surface area contributed by atoms with Crippen molar-refractivity contribution in [3.8, 4) is 11.5 Å². The Balaban J connectivity index is 2.08. The number of aliphatic imine (C=N–C) groups is 1. The summed E-state index contributed by atoms with van der Waals surface area (Å²) in [4.78, 5) is 4.50. The molecular formula is C20H23NO2. The Bertz CT molecular complexity index is 716. The Hall–Kier alpha value is -2.29. The third-order valence-electron chi connectivity index (χ3n) is 4.49. The molecule has 0 saturated heterocycles. The van der Waals surface area contributed by atoms with Crippen LogP contribution >= 0.6 is 0 Å². The molecule has 23 heavy (non-hydrogen) atoms. The minimum Gasteiger partial charge on any atom is -0.507 e. The molecule has 1 aliphatic rings. The zero-order valence-electron chi connectivity index (χ0n) is 13.9. The number of phenolic OH excluding ortho intramolecular Hbond substituents is 1. The maximum atomic E-state index is 10.8. The summed E-state index contributed by atoms with van der Waals surface area (Å²) in [5, 5.41) is 10.8. The van der Waals surface area contributed by atoms with Gasteiger partial charge in [-0.2, -0.15) is 0 Å². The van der Waals surface area contributed by atoms with Gasteiger partial charge >= 0.3 is 0 Å². The van der Waals surface area contributed by atoms with Gasteiger partial charge in [-0.15, -0.1) is 0 Å². The minimum absolute atomic E-state index is 0.282. The molecular weight excluding hydrogens is 286 g/mol. The van der Waals surface area contributed by atoms with Gasteiger partial charge in [0.1, 0.15) is 11.5 Å². The molecule has 0 radical (unpaired) electrons. The summed E-state index contributed by atoms with van der Waals surface area (Å²) in [7, 11) is 1.65. The Morgan fingerprint density at radius 2 is 1.87 bits per heavy atom. The largest absolute Gasteiger partial charge is 0.507 e. The molecule has 0 spiro atoms. The van der Waals surface area contributed by atoms with Crippen LogP contribution in [0.4, 0.5) is 0 Å². The number of phenols is 1. The summed E-state index contributed by atoms with van der Waals surface area (Å²) < 4.78 is 5.43. The van der Waals surface area contributed by atoms with Crippen LogP contribution in [0.5, 0.6) is 11.5 Å². The molecule has 0 aromatic heterocycles. The smallest absolute Gasteiger partial charge is 0.128 e. The minimum atomic E-state index is -0.331. The van der Waals surface area contributed by atoms with Gasteiger partial charge in [0, 0.05) is 22.8 Å². The van der Waals surface area contributed by atoms with E-state index in [9.17, 15) is 5.11 Å². The molecule has 2 aromatic carbocycles. The van der Waals surface area contributed by atoms with E-state index in [-0.39, 0.29) is 11.2 Å². The fourth-order valence-electron chi connectivity index (χ4n) is 2.74. The number of rotatable bonds is 5. The predicted molar refractivity (Wildman–Crippen MR) is 93.8 cm³/mol. The Morgan fingerprint density at radius 1 is 1.17 bits per heavy atom. The van der Waals surface area contributed by atoms with E-state index in [0.717, 1.165) is 35.3 Å². The van der Waals surface area contributed by atoms with Crippen molar-refractivity contribution in [2.45, 2.75) is 38.1 Å². The van der Waals surface area contributed by atoms with E-state index in [1.807, 2.05) is 30.3 Å². The second-order valence-electron chi connectivity index (χ2n) is 6.61. The third-order valence-corrected chi connectivity index (χ3v) is 4.49. The molecule has 1 aliphatic carbocycles. The zero-order chi connectivity index (χ0) is 16.4. The molecule has 2 aromatic rings. The molecule has 120 valence electrons. The first-order valence-electron chi connectivity index (χ1n) is 8.02. The number of hydrogen-bond donors (Lipinski definition) is 1. The SMILES string of the molecule is COc1cc(C=NC2CC2)c(O)c(C(C)(C)c2ccccc2)c1. The van der Waals surface area contributed by atoms with Crippen molar-refractivity contribution in [1.29, 1.82) is 0 Å². The molecule has 0 bridgehead atoms. The lowest BCUT2D eigenvalue weighted by Crippen LogP contribution is -2.19.